The third-order valence-electron chi connectivity index (χ3n) is 3.63. The normalized spacial score (nSPS) is 11.3. The molecule has 2 heterocycles. The summed E-state index contributed by atoms with van der Waals surface area (Å²) in [6.07, 6.45) is 2.06. The van der Waals surface area contributed by atoms with Crippen molar-refractivity contribution in [3.8, 4) is 0 Å². The quantitative estimate of drug-likeness (QED) is 0.791. The van der Waals surface area contributed by atoms with Crippen LogP contribution in [-0.2, 0) is 20.1 Å². The van der Waals surface area contributed by atoms with Crippen LogP contribution in [0.3, 0.4) is 0 Å². The zero-order valence-corrected chi connectivity index (χ0v) is 12.1. The van der Waals surface area contributed by atoms with Gasteiger partial charge in [0.25, 0.3) is 0 Å². The summed E-state index contributed by atoms with van der Waals surface area (Å²) in [6.45, 7) is 5.68. The number of furan rings is 1. The summed E-state index contributed by atoms with van der Waals surface area (Å²) >= 11 is 0. The smallest absolute Gasteiger partial charge is 0.134 e. The summed E-state index contributed by atoms with van der Waals surface area (Å²) < 4.78 is 7.63. The number of rotatable bonds is 4. The summed E-state index contributed by atoms with van der Waals surface area (Å²) in [6, 6.07) is 8.17. The summed E-state index contributed by atoms with van der Waals surface area (Å²) in [5.74, 6) is 0.988. The third-order valence-corrected chi connectivity index (χ3v) is 3.63. The molecule has 104 valence electrons. The lowest BCUT2D eigenvalue weighted by atomic mass is 10.1. The van der Waals surface area contributed by atoms with Crippen LogP contribution < -0.4 is 5.32 Å². The molecule has 2 aromatic heterocycles. The number of hydrogen-bond acceptors (Lipinski definition) is 3. The number of para-hydroxylation sites is 1. The van der Waals surface area contributed by atoms with Gasteiger partial charge in [0.05, 0.1) is 5.69 Å². The molecule has 3 aromatic rings. The molecule has 0 unspecified atom stereocenters. The highest BCUT2D eigenvalue weighted by Crippen LogP contribution is 2.25. The first-order valence-electron chi connectivity index (χ1n) is 6.82. The Labute approximate surface area is 118 Å². The maximum atomic E-state index is 5.77. The topological polar surface area (TPSA) is 43.0 Å². The SMILES string of the molecule is Cc1nn(C)cc1CNCc1c(C)oc2ccccc12. The highest BCUT2D eigenvalue weighted by molar-refractivity contribution is 5.82. The van der Waals surface area contributed by atoms with E-state index in [2.05, 4.69) is 22.7 Å². The van der Waals surface area contributed by atoms with Crippen molar-refractivity contribution < 1.29 is 4.42 Å². The van der Waals surface area contributed by atoms with Crippen molar-refractivity contribution >= 4 is 11.0 Å². The fourth-order valence-electron chi connectivity index (χ4n) is 2.59. The van der Waals surface area contributed by atoms with Crippen LogP contribution in [0, 0.1) is 13.8 Å². The highest BCUT2D eigenvalue weighted by atomic mass is 16.3. The van der Waals surface area contributed by atoms with Gasteiger partial charge in [0.2, 0.25) is 0 Å². The molecule has 4 nitrogen and oxygen atoms in total. The molecule has 0 radical (unpaired) electrons. The van der Waals surface area contributed by atoms with Crippen LogP contribution in [0.2, 0.25) is 0 Å². The standard InChI is InChI=1S/C16H19N3O/c1-11-13(10-19(3)18-11)8-17-9-15-12(2)20-16-7-5-4-6-14(15)16/h4-7,10,17H,8-9H2,1-3H3. The predicted octanol–water partition coefficient (Wildman–Crippen LogP) is 3.07. The Morgan fingerprint density at radius 3 is 2.75 bits per heavy atom. The summed E-state index contributed by atoms with van der Waals surface area (Å²) in [7, 11) is 1.95. The maximum absolute atomic E-state index is 5.77. The number of hydrogen-bond donors (Lipinski definition) is 1. The Morgan fingerprint density at radius 1 is 1.20 bits per heavy atom. The molecule has 0 atom stereocenters. The Kier molecular flexibility index (Phi) is 3.32. The third kappa shape index (κ3) is 2.34. The second-order valence-electron chi connectivity index (χ2n) is 5.15. The van der Waals surface area contributed by atoms with Crippen molar-refractivity contribution in [3.63, 3.8) is 0 Å². The number of fused-ring (bicyclic) bond motifs is 1. The van der Waals surface area contributed by atoms with Crippen molar-refractivity contribution in [1.29, 1.82) is 0 Å². The van der Waals surface area contributed by atoms with E-state index in [1.165, 1.54) is 16.5 Å². The largest absolute Gasteiger partial charge is 0.461 e. The Bertz CT molecular complexity index is 739. The average molecular weight is 269 g/mol. The van der Waals surface area contributed by atoms with E-state index in [1.807, 2.05) is 43.8 Å². The molecule has 1 aromatic carbocycles. The van der Waals surface area contributed by atoms with Crippen LogP contribution >= 0.6 is 0 Å². The number of aromatic nitrogens is 2. The number of nitrogens with zero attached hydrogens (tertiary/aromatic N) is 2. The van der Waals surface area contributed by atoms with Crippen LogP contribution in [0.25, 0.3) is 11.0 Å². The molecule has 0 aliphatic rings. The predicted molar refractivity (Wildman–Crippen MR) is 79.4 cm³/mol. The minimum Gasteiger partial charge on any atom is -0.461 e. The molecule has 0 fully saturated rings. The average Bonchev–Trinajstić information content (AvgIpc) is 2.90. The van der Waals surface area contributed by atoms with E-state index in [0.717, 1.165) is 30.1 Å². The molecule has 0 aliphatic carbocycles. The van der Waals surface area contributed by atoms with Gasteiger partial charge >= 0.3 is 0 Å². The molecule has 0 aliphatic heterocycles. The van der Waals surface area contributed by atoms with E-state index in [-0.39, 0.29) is 0 Å². The molecular formula is C16H19N3O. The summed E-state index contributed by atoms with van der Waals surface area (Å²) in [5, 5.41) is 9.03. The Hall–Kier alpha value is -2.07. The van der Waals surface area contributed by atoms with Gasteiger partial charge in [-0.2, -0.15) is 5.10 Å². The van der Waals surface area contributed by atoms with Gasteiger partial charge < -0.3 is 9.73 Å². The Balaban J connectivity index is 1.74. The maximum Gasteiger partial charge on any atom is 0.134 e. The van der Waals surface area contributed by atoms with Crippen LogP contribution in [-0.4, -0.2) is 9.78 Å². The monoisotopic (exact) mass is 269 g/mol. The van der Waals surface area contributed by atoms with E-state index in [9.17, 15) is 0 Å². The van der Waals surface area contributed by atoms with Gasteiger partial charge in [0.1, 0.15) is 11.3 Å². The van der Waals surface area contributed by atoms with Crippen LogP contribution in [0.4, 0.5) is 0 Å². The first kappa shape index (κ1) is 12.9. The summed E-state index contributed by atoms with van der Waals surface area (Å²) in [4.78, 5) is 0. The van der Waals surface area contributed by atoms with Crippen molar-refractivity contribution in [1.82, 2.24) is 15.1 Å². The van der Waals surface area contributed by atoms with E-state index in [4.69, 9.17) is 4.42 Å². The van der Waals surface area contributed by atoms with Crippen molar-refractivity contribution in [2.75, 3.05) is 0 Å². The van der Waals surface area contributed by atoms with Crippen LogP contribution in [0.15, 0.2) is 34.9 Å². The molecule has 0 saturated heterocycles. The zero-order chi connectivity index (χ0) is 14.1. The van der Waals surface area contributed by atoms with Gasteiger partial charge in [0, 0.05) is 42.8 Å². The van der Waals surface area contributed by atoms with E-state index < -0.39 is 0 Å². The first-order valence-corrected chi connectivity index (χ1v) is 6.82. The van der Waals surface area contributed by atoms with E-state index in [0.29, 0.717) is 0 Å². The number of nitrogens with one attached hydrogen (secondary N) is 1. The summed E-state index contributed by atoms with van der Waals surface area (Å²) in [5.41, 5.74) is 4.51. The molecule has 0 amide bonds. The molecule has 20 heavy (non-hydrogen) atoms. The fraction of sp³-hybridized carbons (Fsp3) is 0.312. The molecule has 4 heteroatoms. The molecular weight excluding hydrogens is 250 g/mol. The lowest BCUT2D eigenvalue weighted by Gasteiger charge is -2.03. The lowest BCUT2D eigenvalue weighted by Crippen LogP contribution is -2.13. The molecule has 0 saturated carbocycles. The van der Waals surface area contributed by atoms with Gasteiger partial charge in [-0.05, 0) is 19.9 Å². The fourth-order valence-corrected chi connectivity index (χ4v) is 2.59. The van der Waals surface area contributed by atoms with Crippen LogP contribution in [0.5, 0.6) is 0 Å². The molecule has 0 spiro atoms. The molecule has 0 bridgehead atoms. The van der Waals surface area contributed by atoms with Gasteiger partial charge in [-0.1, -0.05) is 18.2 Å². The highest BCUT2D eigenvalue weighted by Gasteiger charge is 2.10. The van der Waals surface area contributed by atoms with Gasteiger partial charge in [-0.25, -0.2) is 0 Å². The number of aryl methyl sites for hydroxylation is 3. The van der Waals surface area contributed by atoms with E-state index >= 15 is 0 Å². The van der Waals surface area contributed by atoms with Crippen LogP contribution in [0.1, 0.15) is 22.6 Å². The second-order valence-corrected chi connectivity index (χ2v) is 5.15. The zero-order valence-electron chi connectivity index (χ0n) is 12.1. The van der Waals surface area contributed by atoms with Crippen molar-refractivity contribution in [2.24, 2.45) is 7.05 Å². The van der Waals surface area contributed by atoms with Gasteiger partial charge in [-0.3, -0.25) is 4.68 Å². The number of benzene rings is 1. The van der Waals surface area contributed by atoms with E-state index in [1.54, 1.807) is 0 Å². The van der Waals surface area contributed by atoms with Crippen molar-refractivity contribution in [3.05, 3.63) is 53.0 Å². The molecule has 1 N–H and O–H groups in total. The van der Waals surface area contributed by atoms with Crippen molar-refractivity contribution in [2.45, 2.75) is 26.9 Å². The minimum absolute atomic E-state index is 0.803. The first-order chi connectivity index (χ1) is 9.65. The van der Waals surface area contributed by atoms with Gasteiger partial charge in [-0.15, -0.1) is 0 Å². The lowest BCUT2D eigenvalue weighted by molar-refractivity contribution is 0.565. The second kappa shape index (κ2) is 5.13. The van der Waals surface area contributed by atoms with Gasteiger partial charge in [0.15, 0.2) is 0 Å². The minimum atomic E-state index is 0.803. The molecule has 3 rings (SSSR count). The Morgan fingerprint density at radius 2 is 2.00 bits per heavy atom.